The molecular weight excluding hydrogens is 453 g/mol. The molecule has 0 saturated carbocycles. The van der Waals surface area contributed by atoms with Crippen LogP contribution in [0.3, 0.4) is 0 Å². The topological polar surface area (TPSA) is 112 Å². The van der Waals surface area contributed by atoms with Crippen LogP contribution in [0.5, 0.6) is 0 Å². The number of nitrogens with one attached hydrogen (secondary N) is 3. The van der Waals surface area contributed by atoms with Gasteiger partial charge >= 0.3 is 12.2 Å². The molecule has 13 heteroatoms. The molecule has 0 aliphatic heterocycles. The van der Waals surface area contributed by atoms with Gasteiger partial charge in [-0.2, -0.15) is 13.2 Å². The summed E-state index contributed by atoms with van der Waals surface area (Å²) in [6.45, 7) is 4.46. The Balaban J connectivity index is 1.78. The van der Waals surface area contributed by atoms with Gasteiger partial charge in [0.05, 0.1) is 23.7 Å². The lowest BCUT2D eigenvalue weighted by Gasteiger charge is -2.21. The predicted octanol–water partition coefficient (Wildman–Crippen LogP) is 4.42. The Morgan fingerprint density at radius 3 is 2.39 bits per heavy atom. The van der Waals surface area contributed by atoms with Crippen LogP contribution in [0, 0.1) is 18.6 Å². The molecule has 1 atom stereocenters. The van der Waals surface area contributed by atoms with Crippen LogP contribution < -0.4 is 16.0 Å². The van der Waals surface area contributed by atoms with Crippen molar-refractivity contribution in [2.75, 3.05) is 17.2 Å². The first-order chi connectivity index (χ1) is 15.2. The summed E-state index contributed by atoms with van der Waals surface area (Å²) in [6.07, 6.45) is -2.72. The number of anilines is 2. The van der Waals surface area contributed by atoms with E-state index >= 15 is 0 Å². The number of rotatable bonds is 6. The molecule has 1 aromatic carbocycles. The summed E-state index contributed by atoms with van der Waals surface area (Å²) in [5, 5.41) is 16.1. The number of aromatic nitrogens is 2. The number of hydrogen-bond acceptors (Lipinski definition) is 6. The van der Waals surface area contributed by atoms with Crippen LogP contribution in [-0.4, -0.2) is 39.4 Å². The van der Waals surface area contributed by atoms with Crippen molar-refractivity contribution in [1.82, 2.24) is 15.3 Å². The van der Waals surface area contributed by atoms with E-state index in [1.165, 1.54) is 6.92 Å². The number of hydrogen-bond donors (Lipinski definition) is 4. The molecule has 4 N–H and O–H groups in total. The molecule has 3 aromatic rings. The summed E-state index contributed by atoms with van der Waals surface area (Å²) in [6, 6.07) is -2.57. The van der Waals surface area contributed by atoms with Crippen LogP contribution in [0.25, 0.3) is 11.0 Å². The number of alkyl halides is 3. The number of aliphatic hydroxyl groups is 1. The zero-order valence-electron chi connectivity index (χ0n) is 17.6. The molecule has 0 radical (unpaired) electrons. The van der Waals surface area contributed by atoms with Crippen molar-refractivity contribution in [3.63, 3.8) is 0 Å². The maximum Gasteiger partial charge on any atom is 0.416 e. The van der Waals surface area contributed by atoms with E-state index in [0.29, 0.717) is 6.07 Å². The smallest absolute Gasteiger partial charge is 0.416 e. The van der Waals surface area contributed by atoms with E-state index in [1.807, 2.05) is 0 Å². The minimum absolute atomic E-state index is 0.0170. The van der Waals surface area contributed by atoms with Gasteiger partial charge in [-0.05, 0) is 26.8 Å². The van der Waals surface area contributed by atoms with Crippen LogP contribution in [0.2, 0.25) is 0 Å². The SMILES string of the molecule is Cc1c(C(NC(=O)Nc2cnc(NCC(C)(C)O)nc2)C(F)(F)F)oc2c(F)cc(F)cc12. The maximum absolute atomic E-state index is 14.0. The van der Waals surface area contributed by atoms with E-state index in [-0.39, 0.29) is 29.1 Å². The highest BCUT2D eigenvalue weighted by molar-refractivity contribution is 5.89. The number of urea groups is 1. The fraction of sp³-hybridized carbons (Fsp3) is 0.350. The Morgan fingerprint density at radius 2 is 1.82 bits per heavy atom. The van der Waals surface area contributed by atoms with E-state index in [4.69, 9.17) is 4.42 Å². The molecule has 2 heterocycles. The van der Waals surface area contributed by atoms with E-state index in [2.05, 4.69) is 20.6 Å². The van der Waals surface area contributed by atoms with Gasteiger partial charge in [0.15, 0.2) is 17.4 Å². The van der Waals surface area contributed by atoms with Gasteiger partial charge in [0.25, 0.3) is 0 Å². The Labute approximate surface area is 184 Å². The van der Waals surface area contributed by atoms with Crippen molar-refractivity contribution in [3.8, 4) is 0 Å². The summed E-state index contributed by atoms with van der Waals surface area (Å²) >= 11 is 0. The number of halogens is 5. The molecule has 3 rings (SSSR count). The number of furan rings is 1. The second kappa shape index (κ2) is 8.81. The second-order valence-electron chi connectivity index (χ2n) is 7.89. The zero-order valence-corrected chi connectivity index (χ0v) is 17.6. The average Bonchev–Trinajstić information content (AvgIpc) is 3.01. The van der Waals surface area contributed by atoms with Gasteiger partial charge in [-0.15, -0.1) is 0 Å². The number of benzene rings is 1. The van der Waals surface area contributed by atoms with Crippen molar-refractivity contribution < 1.29 is 36.3 Å². The number of aryl methyl sites for hydroxylation is 1. The minimum Gasteiger partial charge on any atom is -0.455 e. The van der Waals surface area contributed by atoms with Crippen LogP contribution in [-0.2, 0) is 0 Å². The highest BCUT2D eigenvalue weighted by Gasteiger charge is 2.45. The summed E-state index contributed by atoms with van der Waals surface area (Å²) < 4.78 is 73.6. The zero-order chi connectivity index (χ0) is 24.6. The Bertz CT molecular complexity index is 1160. The normalized spacial score (nSPS) is 13.1. The van der Waals surface area contributed by atoms with Crippen LogP contribution in [0.15, 0.2) is 28.9 Å². The lowest BCUT2D eigenvalue weighted by atomic mass is 10.1. The highest BCUT2D eigenvalue weighted by Crippen LogP contribution is 2.39. The number of carbonyl (C=O) groups is 1. The van der Waals surface area contributed by atoms with Crippen molar-refractivity contribution in [3.05, 3.63) is 47.5 Å². The van der Waals surface area contributed by atoms with E-state index in [0.717, 1.165) is 18.5 Å². The van der Waals surface area contributed by atoms with Crippen molar-refractivity contribution in [1.29, 1.82) is 0 Å². The van der Waals surface area contributed by atoms with Gasteiger partial charge in [-0.25, -0.2) is 23.5 Å². The summed E-state index contributed by atoms with van der Waals surface area (Å²) in [5.74, 6) is -2.80. The van der Waals surface area contributed by atoms with Crippen LogP contribution >= 0.6 is 0 Å². The van der Waals surface area contributed by atoms with Crippen LogP contribution in [0.4, 0.5) is 38.4 Å². The summed E-state index contributed by atoms with van der Waals surface area (Å²) in [5.41, 5.74) is -1.77. The molecule has 8 nitrogen and oxygen atoms in total. The summed E-state index contributed by atoms with van der Waals surface area (Å²) in [4.78, 5) is 20.0. The molecule has 0 bridgehead atoms. The molecular formula is C20H20F5N5O3. The average molecular weight is 473 g/mol. The molecule has 0 fully saturated rings. The highest BCUT2D eigenvalue weighted by atomic mass is 19.4. The van der Waals surface area contributed by atoms with Gasteiger partial charge in [0.2, 0.25) is 5.95 Å². The molecule has 0 aliphatic carbocycles. The monoisotopic (exact) mass is 473 g/mol. The lowest BCUT2D eigenvalue weighted by Crippen LogP contribution is -2.40. The van der Waals surface area contributed by atoms with Crippen LogP contribution in [0.1, 0.15) is 31.2 Å². The van der Waals surface area contributed by atoms with Gasteiger partial charge in [0, 0.05) is 23.6 Å². The second-order valence-corrected chi connectivity index (χ2v) is 7.89. The molecule has 33 heavy (non-hydrogen) atoms. The molecule has 0 saturated heterocycles. The van der Waals surface area contributed by atoms with E-state index in [9.17, 15) is 31.9 Å². The molecule has 2 aromatic heterocycles. The van der Waals surface area contributed by atoms with Gasteiger partial charge < -0.3 is 25.5 Å². The van der Waals surface area contributed by atoms with Gasteiger partial charge in [0.1, 0.15) is 11.6 Å². The Kier molecular flexibility index (Phi) is 6.45. The largest absolute Gasteiger partial charge is 0.455 e. The van der Waals surface area contributed by atoms with E-state index < -0.39 is 46.8 Å². The third-order valence-electron chi connectivity index (χ3n) is 4.45. The van der Waals surface area contributed by atoms with Gasteiger partial charge in [-0.1, -0.05) is 0 Å². The number of carbonyl (C=O) groups excluding carboxylic acids is 1. The summed E-state index contributed by atoms with van der Waals surface area (Å²) in [7, 11) is 0. The maximum atomic E-state index is 14.0. The minimum atomic E-state index is -5.01. The Hall–Kier alpha value is -3.48. The first kappa shape index (κ1) is 24.2. The third kappa shape index (κ3) is 5.86. The fourth-order valence-electron chi connectivity index (χ4n) is 2.91. The molecule has 0 aliphatic rings. The van der Waals surface area contributed by atoms with Crippen molar-refractivity contribution in [2.45, 2.75) is 38.6 Å². The number of nitrogens with zero attached hydrogens (tertiary/aromatic N) is 2. The number of amides is 2. The van der Waals surface area contributed by atoms with E-state index in [1.54, 1.807) is 19.2 Å². The fourth-order valence-corrected chi connectivity index (χ4v) is 2.91. The standard InChI is InChI=1S/C20H20F5N5O3/c1-9-12-4-10(21)5-13(22)15(12)33-14(9)16(20(23,24)25)30-18(31)29-11-6-26-17(27-7-11)28-8-19(2,3)32/h4-7,16,32H,8H2,1-3H3,(H,26,27,28)(H2,29,30,31). The first-order valence-corrected chi connectivity index (χ1v) is 9.55. The van der Waals surface area contributed by atoms with Crippen molar-refractivity contribution >= 4 is 28.6 Å². The molecule has 1 unspecified atom stereocenters. The lowest BCUT2D eigenvalue weighted by molar-refractivity contribution is -0.158. The number of fused-ring (bicyclic) bond motifs is 1. The predicted molar refractivity (Wildman–Crippen MR) is 109 cm³/mol. The quantitative estimate of drug-likeness (QED) is 0.395. The molecule has 0 spiro atoms. The molecule has 2 amide bonds. The Morgan fingerprint density at radius 1 is 1.18 bits per heavy atom. The third-order valence-corrected chi connectivity index (χ3v) is 4.45. The van der Waals surface area contributed by atoms with Gasteiger partial charge in [-0.3, -0.25) is 0 Å². The van der Waals surface area contributed by atoms with Crippen molar-refractivity contribution in [2.24, 2.45) is 0 Å². The molecule has 178 valence electrons. The first-order valence-electron chi connectivity index (χ1n) is 9.55.